The molecule has 0 saturated heterocycles. The first-order valence-corrected chi connectivity index (χ1v) is 0. The molecule has 0 atom stereocenters. The third-order valence-corrected chi connectivity index (χ3v) is 0. The van der Waals surface area contributed by atoms with Crippen molar-refractivity contribution in [2.24, 2.45) is 0 Å². The van der Waals surface area contributed by atoms with E-state index in [-0.39, 0.29) is 104 Å². The van der Waals surface area contributed by atoms with Gasteiger partial charge < -0.3 is 0 Å². The Kier molecular flexibility index (Phi) is 87.8. The summed E-state index contributed by atoms with van der Waals surface area (Å²) in [7, 11) is 0. The maximum absolute atomic E-state index is 0. The predicted octanol–water partition coefficient (Wildman–Crippen LogP) is 8.91. The van der Waals surface area contributed by atoms with E-state index in [9.17, 15) is 0 Å². The summed E-state index contributed by atoms with van der Waals surface area (Å²) in [6, 6.07) is 0. The van der Waals surface area contributed by atoms with Crippen LogP contribution in [0.1, 0.15) is 104 Å². The van der Waals surface area contributed by atoms with Crippen molar-refractivity contribution in [1.29, 1.82) is 0 Å². The largest absolute Gasteiger partial charge is 0.0776 e. The minimum Gasteiger partial charge on any atom is -0.0776 e. The van der Waals surface area contributed by atoms with E-state index in [0.717, 1.165) is 0 Å². The smallest absolute Gasteiger partial charge is 0 e. The molecule has 0 amide bonds. The molecule has 0 N–H and O–H groups in total. The van der Waals surface area contributed by atoms with Gasteiger partial charge in [0.05, 0.1) is 0 Å². The van der Waals surface area contributed by atoms with E-state index in [1.807, 2.05) is 0 Å². The standard InChI is InChI=1S/14CH4.7No/h14*1H4;;;;;;;. The first-order valence-electron chi connectivity index (χ1n) is 0. The zero-order valence-electron chi connectivity index (χ0n) is 1.87. The van der Waals surface area contributed by atoms with Crippen LogP contribution in [-0.2, 0) is 0 Å². The van der Waals surface area contributed by atoms with Crippen LogP contribution in [0, 0.1) is 0 Å². The molecule has 0 saturated carbocycles. The van der Waals surface area contributed by atoms with Crippen LogP contribution in [0.5, 0.6) is 0 Å². The third-order valence-electron chi connectivity index (χ3n) is 0. The van der Waals surface area contributed by atoms with Gasteiger partial charge in [0.2, 0.25) is 0 Å². The van der Waals surface area contributed by atoms with Crippen LogP contribution in [0.3, 0.4) is 0 Å². The van der Waals surface area contributed by atoms with Crippen LogP contribution in [-0.4, -0.2) is 0 Å². The van der Waals surface area contributed by atoms with E-state index in [2.05, 4.69) is 0 Å². The Labute approximate surface area is 105 Å². The molecule has 0 rings (SSSR count). The monoisotopic (exact) mass is 2040 g/mol. The van der Waals surface area contributed by atoms with Gasteiger partial charge in [-0.1, -0.05) is 104 Å². The molecule has 0 bridgehead atoms. The Balaban J connectivity index is 0. The van der Waals surface area contributed by atoms with E-state index in [4.69, 9.17) is 0 Å². The molecule has 0 aromatic heterocycles. The zero-order valence-corrected chi connectivity index (χ0v) is 17.4. The molecule has 0 heterocycles. The second-order valence-electron chi connectivity index (χ2n) is 0. The van der Waals surface area contributed by atoms with Gasteiger partial charge in [0, 0.05) is 0 Å². The van der Waals surface area contributed by atoms with Gasteiger partial charge in [-0.05, 0) is 0 Å². The average molecular weight is 2040 g/mol. The average Bonchev–Trinajstić information content (AvgIpc) is 0. The van der Waals surface area contributed by atoms with Gasteiger partial charge in [0.15, 0.2) is 0 Å². The van der Waals surface area contributed by atoms with Gasteiger partial charge in [-0.25, -0.2) is 0 Å². The molecular weight excluding hydrogens is 1980 g/mol. The van der Waals surface area contributed by atoms with Crippen LogP contribution in [0.25, 0.3) is 0 Å². The number of hydrogen-bond acceptors (Lipinski definition) is 0. The summed E-state index contributed by atoms with van der Waals surface area (Å²) in [6.45, 7) is 0. The summed E-state index contributed by atoms with van der Waals surface area (Å²) in [4.78, 5) is 0. The van der Waals surface area contributed by atoms with Crippen LogP contribution >= 0.6 is 0 Å². The normalized spacial score (nSPS) is 0. The van der Waals surface area contributed by atoms with Crippen molar-refractivity contribution in [3.05, 3.63) is 0 Å². The van der Waals surface area contributed by atoms with Crippen molar-refractivity contribution in [3.63, 3.8) is 0 Å². The fraction of sp³-hybridized carbons (Fsp3) is 1.00. The van der Waals surface area contributed by atoms with Crippen LogP contribution in [0.2, 0.25) is 0 Å². The SMILES string of the molecule is C.C.C.C.C.C.C.C.C.C.C.C.C.C.[No].[No].[No].[No].[No].[No].[No]. The first-order chi connectivity index (χ1) is 0. The Morgan fingerprint density at radius 1 is 0.0952 bits per heavy atom. The van der Waals surface area contributed by atoms with E-state index in [1.165, 1.54) is 0 Å². The zero-order chi connectivity index (χ0) is 0. The minimum atomic E-state index is 0. The molecule has 0 fully saturated rings. The molecule has 0 aromatic carbocycles. The van der Waals surface area contributed by atoms with Crippen LogP contribution in [0.4, 0.5) is 0 Å². The van der Waals surface area contributed by atoms with Crippen molar-refractivity contribution in [3.8, 4) is 0 Å². The molecular formula is C14H56No7. The van der Waals surface area contributed by atoms with Crippen molar-refractivity contribution in [1.82, 2.24) is 0 Å². The van der Waals surface area contributed by atoms with Crippen molar-refractivity contribution < 1.29 is 0 Å². The van der Waals surface area contributed by atoms with Gasteiger partial charge in [-0.15, -0.1) is 0 Å². The quantitative estimate of drug-likeness (QED) is 0.228. The molecule has 0 unspecified atom stereocenters. The maximum Gasteiger partial charge on any atom is 0 e. The fourth-order valence-electron chi connectivity index (χ4n) is 0. The Hall–Kier alpha value is -7.00. The Morgan fingerprint density at radius 2 is 0.0952 bits per heavy atom. The number of rotatable bonds is 0. The van der Waals surface area contributed by atoms with Gasteiger partial charge >= 0.3 is 0 Å². The molecule has 0 nitrogen and oxygen atoms in total. The molecule has 0 aliphatic rings. The Bertz CT molecular complexity index is 19.3. The number of hydrogen-bond donors (Lipinski definition) is 0. The molecule has 7 heteroatoms. The first kappa shape index (κ1) is 48.3. The van der Waals surface area contributed by atoms with Crippen molar-refractivity contribution in [2.45, 2.75) is 104 Å². The molecule has 21 heavy (non-hydrogen) atoms. The van der Waals surface area contributed by atoms with Crippen molar-refractivity contribution in [2.75, 3.05) is 0 Å². The summed E-state index contributed by atoms with van der Waals surface area (Å²) in [6.07, 6.45) is 0. The third kappa shape index (κ3) is 32.1. The van der Waals surface area contributed by atoms with Gasteiger partial charge in [0.1, 0.15) is 0 Å². The summed E-state index contributed by atoms with van der Waals surface area (Å²) >= 11 is 0. The van der Waals surface area contributed by atoms with Gasteiger partial charge in [-0.3, -0.25) is 0 Å². The maximum atomic E-state index is 0. The fourth-order valence-corrected chi connectivity index (χ4v) is 0. The second kappa shape index (κ2) is 38.2. The second-order valence-corrected chi connectivity index (χ2v) is 0. The summed E-state index contributed by atoms with van der Waals surface area (Å²) in [5.74, 6) is 0. The van der Waals surface area contributed by atoms with Crippen molar-refractivity contribution >= 4 is 0 Å². The summed E-state index contributed by atoms with van der Waals surface area (Å²) in [5, 5.41) is 0. The Morgan fingerprint density at radius 3 is 0.0952 bits per heavy atom. The molecule has 210 valence electrons. The molecule has 0 aliphatic heterocycles. The molecule has 0 spiro atoms. The van der Waals surface area contributed by atoms with E-state index < -0.39 is 0 Å². The van der Waals surface area contributed by atoms with Crippen LogP contribution in [0.15, 0.2) is 0 Å². The molecule has 0 radical (unpaired) electrons. The summed E-state index contributed by atoms with van der Waals surface area (Å²) in [5.41, 5.74) is 0. The molecule has 0 aromatic rings. The van der Waals surface area contributed by atoms with Gasteiger partial charge in [-0.2, -0.15) is 0 Å². The topological polar surface area (TPSA) is 0 Å². The van der Waals surface area contributed by atoms with E-state index >= 15 is 0 Å². The van der Waals surface area contributed by atoms with E-state index in [0.29, 0.717) is 0 Å². The molecule has 0 aliphatic carbocycles. The predicted molar refractivity (Wildman–Crippen MR) is 94.2 cm³/mol. The van der Waals surface area contributed by atoms with Crippen LogP contribution < -0.4 is 0 Å². The van der Waals surface area contributed by atoms with Gasteiger partial charge in [0.25, 0.3) is 0 Å². The van der Waals surface area contributed by atoms with E-state index in [1.54, 1.807) is 0 Å². The summed E-state index contributed by atoms with van der Waals surface area (Å²) < 4.78 is 0. The minimum absolute atomic E-state index is 0.